The zero-order valence-electron chi connectivity index (χ0n) is 10.9. The molecule has 0 aromatic heterocycles. The molecule has 108 valence electrons. The third kappa shape index (κ3) is 4.01. The summed E-state index contributed by atoms with van der Waals surface area (Å²) in [6.07, 6.45) is 2.45. The Morgan fingerprint density at radius 1 is 1.55 bits per heavy atom. The fourth-order valence-electron chi connectivity index (χ4n) is 2.23. The number of carbonyl (C=O) groups excluding carboxylic acids is 1. The summed E-state index contributed by atoms with van der Waals surface area (Å²) in [5.74, 6) is 0.507. The number of non-ortho nitro benzene ring substituents is 1. The fourth-order valence-corrected chi connectivity index (χ4v) is 2.69. The molecule has 1 amide bonds. The fraction of sp³-hybridized carbons (Fsp3) is 0.462. The number of anilines is 1. The maximum Gasteiger partial charge on any atom is 0.270 e. The van der Waals surface area contributed by atoms with E-state index < -0.39 is 4.92 Å². The van der Waals surface area contributed by atoms with E-state index in [1.165, 1.54) is 18.2 Å². The molecule has 1 heterocycles. The number of amides is 1. The van der Waals surface area contributed by atoms with Crippen molar-refractivity contribution in [3.05, 3.63) is 32.8 Å². The predicted molar refractivity (Wildman–Crippen MR) is 79.6 cm³/mol. The number of halogens is 1. The first-order chi connectivity index (χ1) is 9.56. The summed E-state index contributed by atoms with van der Waals surface area (Å²) in [5.41, 5.74) is 0.553. The number of hydrogen-bond acceptors (Lipinski definition) is 4. The Kier molecular flexibility index (Phi) is 5.08. The molecule has 1 fully saturated rings. The zero-order chi connectivity index (χ0) is 14.5. The van der Waals surface area contributed by atoms with E-state index in [0.29, 0.717) is 22.5 Å². The third-order valence-corrected chi connectivity index (χ3v) is 4.04. The van der Waals surface area contributed by atoms with E-state index in [1.807, 2.05) is 0 Å². The Bertz CT molecular complexity index is 516. The van der Waals surface area contributed by atoms with Crippen LogP contribution in [0.5, 0.6) is 0 Å². The van der Waals surface area contributed by atoms with Crippen LogP contribution in [0.25, 0.3) is 0 Å². The Morgan fingerprint density at radius 3 is 2.95 bits per heavy atom. The molecule has 0 aliphatic carbocycles. The van der Waals surface area contributed by atoms with Crippen LogP contribution in [0.1, 0.15) is 19.3 Å². The van der Waals surface area contributed by atoms with E-state index in [0.717, 1.165) is 25.9 Å². The number of nitro benzene ring substituents is 1. The van der Waals surface area contributed by atoms with E-state index in [9.17, 15) is 14.9 Å². The maximum absolute atomic E-state index is 11.9. The van der Waals surface area contributed by atoms with Gasteiger partial charge in [-0.05, 0) is 53.8 Å². The van der Waals surface area contributed by atoms with Gasteiger partial charge in [-0.1, -0.05) is 0 Å². The minimum Gasteiger partial charge on any atom is -0.325 e. The van der Waals surface area contributed by atoms with Crippen molar-refractivity contribution in [1.29, 1.82) is 0 Å². The predicted octanol–water partition coefficient (Wildman–Crippen LogP) is 2.69. The molecular formula is C13H16BrN3O3. The SMILES string of the molecule is O=C(CCC1CCNC1)Nc1ccc([N+](=O)[O-])cc1Br. The third-order valence-electron chi connectivity index (χ3n) is 3.38. The molecule has 1 aromatic carbocycles. The minimum absolute atomic E-state index is 0.00750. The first-order valence-corrected chi connectivity index (χ1v) is 7.30. The summed E-state index contributed by atoms with van der Waals surface area (Å²) in [5, 5.41) is 16.7. The van der Waals surface area contributed by atoms with Crippen LogP contribution in [0.3, 0.4) is 0 Å². The van der Waals surface area contributed by atoms with Crippen molar-refractivity contribution in [2.45, 2.75) is 19.3 Å². The Labute approximate surface area is 125 Å². The summed E-state index contributed by atoms with van der Waals surface area (Å²) in [4.78, 5) is 22.0. The average Bonchev–Trinajstić information content (AvgIpc) is 2.91. The summed E-state index contributed by atoms with van der Waals surface area (Å²) in [6.45, 7) is 2.01. The summed E-state index contributed by atoms with van der Waals surface area (Å²) < 4.78 is 0.516. The largest absolute Gasteiger partial charge is 0.325 e. The molecule has 0 bridgehead atoms. The van der Waals surface area contributed by atoms with Crippen molar-refractivity contribution in [3.63, 3.8) is 0 Å². The Hall–Kier alpha value is -1.47. The molecule has 0 spiro atoms. The van der Waals surface area contributed by atoms with Crippen LogP contribution in [0, 0.1) is 16.0 Å². The van der Waals surface area contributed by atoms with Crippen LogP contribution in [-0.2, 0) is 4.79 Å². The van der Waals surface area contributed by atoms with Crippen LogP contribution < -0.4 is 10.6 Å². The Balaban J connectivity index is 1.88. The van der Waals surface area contributed by atoms with Crippen molar-refractivity contribution in [2.24, 2.45) is 5.92 Å². The second-order valence-electron chi connectivity index (χ2n) is 4.87. The highest BCUT2D eigenvalue weighted by Crippen LogP contribution is 2.27. The number of nitrogens with one attached hydrogen (secondary N) is 2. The number of benzene rings is 1. The molecule has 2 rings (SSSR count). The highest BCUT2D eigenvalue weighted by atomic mass is 79.9. The summed E-state index contributed by atoms with van der Waals surface area (Å²) in [6, 6.07) is 4.30. The van der Waals surface area contributed by atoms with Gasteiger partial charge in [-0.2, -0.15) is 0 Å². The van der Waals surface area contributed by atoms with Gasteiger partial charge in [-0.25, -0.2) is 0 Å². The minimum atomic E-state index is -0.469. The quantitative estimate of drug-likeness (QED) is 0.636. The molecule has 20 heavy (non-hydrogen) atoms. The second-order valence-corrected chi connectivity index (χ2v) is 5.72. The monoisotopic (exact) mass is 341 g/mol. The van der Waals surface area contributed by atoms with E-state index in [-0.39, 0.29) is 11.6 Å². The van der Waals surface area contributed by atoms with Crippen LogP contribution in [0.15, 0.2) is 22.7 Å². The highest BCUT2D eigenvalue weighted by Gasteiger charge is 2.16. The summed E-state index contributed by atoms with van der Waals surface area (Å²) in [7, 11) is 0. The Morgan fingerprint density at radius 2 is 2.35 bits per heavy atom. The van der Waals surface area contributed by atoms with Crippen LogP contribution >= 0.6 is 15.9 Å². The number of nitro groups is 1. The van der Waals surface area contributed by atoms with Gasteiger partial charge in [0, 0.05) is 23.0 Å². The van der Waals surface area contributed by atoms with Crippen molar-refractivity contribution in [1.82, 2.24) is 5.32 Å². The lowest BCUT2D eigenvalue weighted by atomic mass is 10.0. The lowest BCUT2D eigenvalue weighted by Gasteiger charge is -2.09. The van der Waals surface area contributed by atoms with Crippen molar-refractivity contribution >= 4 is 33.2 Å². The lowest BCUT2D eigenvalue weighted by molar-refractivity contribution is -0.384. The second kappa shape index (κ2) is 6.81. The first kappa shape index (κ1) is 14.9. The van der Waals surface area contributed by atoms with Gasteiger partial charge < -0.3 is 10.6 Å². The van der Waals surface area contributed by atoms with E-state index in [2.05, 4.69) is 26.6 Å². The number of rotatable bonds is 5. The zero-order valence-corrected chi connectivity index (χ0v) is 12.5. The van der Waals surface area contributed by atoms with Gasteiger partial charge in [0.05, 0.1) is 10.6 Å². The van der Waals surface area contributed by atoms with Gasteiger partial charge in [0.1, 0.15) is 0 Å². The standard InChI is InChI=1S/C13H16BrN3O3/c14-11-7-10(17(19)20)2-3-12(11)16-13(18)4-1-9-5-6-15-8-9/h2-3,7,9,15H,1,4-6,8H2,(H,16,18). The van der Waals surface area contributed by atoms with Crippen molar-refractivity contribution in [2.75, 3.05) is 18.4 Å². The first-order valence-electron chi connectivity index (χ1n) is 6.51. The molecular weight excluding hydrogens is 326 g/mol. The molecule has 1 unspecified atom stereocenters. The van der Waals surface area contributed by atoms with Gasteiger partial charge in [0.2, 0.25) is 5.91 Å². The van der Waals surface area contributed by atoms with Gasteiger partial charge in [0.25, 0.3) is 5.69 Å². The smallest absolute Gasteiger partial charge is 0.270 e. The van der Waals surface area contributed by atoms with Crippen molar-refractivity contribution in [3.8, 4) is 0 Å². The van der Waals surface area contributed by atoms with Gasteiger partial charge in [-0.3, -0.25) is 14.9 Å². The molecule has 0 saturated carbocycles. The molecule has 1 aromatic rings. The average molecular weight is 342 g/mol. The highest BCUT2D eigenvalue weighted by molar-refractivity contribution is 9.10. The molecule has 1 atom stereocenters. The number of nitrogens with zero attached hydrogens (tertiary/aromatic N) is 1. The normalized spacial score (nSPS) is 17.9. The van der Waals surface area contributed by atoms with Crippen molar-refractivity contribution < 1.29 is 9.72 Å². The summed E-state index contributed by atoms with van der Waals surface area (Å²) >= 11 is 3.23. The van der Waals surface area contributed by atoms with Gasteiger partial charge in [-0.15, -0.1) is 0 Å². The van der Waals surface area contributed by atoms with Crippen LogP contribution in [0.2, 0.25) is 0 Å². The molecule has 0 radical (unpaired) electrons. The van der Waals surface area contributed by atoms with Crippen LogP contribution in [0.4, 0.5) is 11.4 Å². The lowest BCUT2D eigenvalue weighted by Crippen LogP contribution is -2.15. The molecule has 6 nitrogen and oxygen atoms in total. The van der Waals surface area contributed by atoms with Crippen LogP contribution in [-0.4, -0.2) is 23.9 Å². The van der Waals surface area contributed by atoms with Gasteiger partial charge in [0.15, 0.2) is 0 Å². The molecule has 2 N–H and O–H groups in total. The van der Waals surface area contributed by atoms with Gasteiger partial charge >= 0.3 is 0 Å². The van der Waals surface area contributed by atoms with E-state index in [1.54, 1.807) is 0 Å². The maximum atomic E-state index is 11.9. The molecule has 7 heteroatoms. The molecule has 1 aliphatic rings. The molecule has 1 aliphatic heterocycles. The topological polar surface area (TPSA) is 84.3 Å². The number of hydrogen-bond donors (Lipinski definition) is 2. The molecule has 1 saturated heterocycles. The number of carbonyl (C=O) groups is 1. The van der Waals surface area contributed by atoms with E-state index in [4.69, 9.17) is 0 Å². The van der Waals surface area contributed by atoms with E-state index >= 15 is 0 Å².